The van der Waals surface area contributed by atoms with Crippen LogP contribution in [-0.4, -0.2) is 47.1 Å². The minimum Gasteiger partial charge on any atom is -0.373 e. The summed E-state index contributed by atoms with van der Waals surface area (Å²) in [5.74, 6) is -0.205. The first-order valence-electron chi connectivity index (χ1n) is 8.92. The van der Waals surface area contributed by atoms with Crippen LogP contribution in [0, 0.1) is 0 Å². The van der Waals surface area contributed by atoms with Crippen LogP contribution in [0.5, 0.6) is 0 Å². The van der Waals surface area contributed by atoms with Gasteiger partial charge in [0.05, 0.1) is 23.9 Å². The molecular formula is C19H26N4O2S. The van der Waals surface area contributed by atoms with Crippen molar-refractivity contribution in [1.82, 2.24) is 9.88 Å². The van der Waals surface area contributed by atoms with Gasteiger partial charge in [-0.1, -0.05) is 30.3 Å². The van der Waals surface area contributed by atoms with Crippen molar-refractivity contribution in [3.8, 4) is 0 Å². The Kier molecular flexibility index (Phi) is 6.37. The molecule has 0 saturated carbocycles. The number of carbonyl (C=O) groups excluding carboxylic acids is 1. The summed E-state index contributed by atoms with van der Waals surface area (Å²) in [4.78, 5) is 19.2. The number of nitrogens with one attached hydrogen (secondary N) is 1. The van der Waals surface area contributed by atoms with Crippen molar-refractivity contribution in [2.24, 2.45) is 5.73 Å². The first-order valence-corrected chi connectivity index (χ1v) is 9.80. The molecule has 2 heterocycles. The van der Waals surface area contributed by atoms with E-state index >= 15 is 0 Å². The van der Waals surface area contributed by atoms with Crippen molar-refractivity contribution in [2.75, 3.05) is 18.4 Å². The molecule has 3 unspecified atom stereocenters. The quantitative estimate of drug-likeness (QED) is 0.811. The third kappa shape index (κ3) is 5.35. The Morgan fingerprint density at radius 3 is 2.73 bits per heavy atom. The molecule has 1 aliphatic rings. The number of anilines is 1. The van der Waals surface area contributed by atoms with Crippen molar-refractivity contribution in [3.63, 3.8) is 0 Å². The van der Waals surface area contributed by atoms with Gasteiger partial charge in [0.25, 0.3) is 0 Å². The van der Waals surface area contributed by atoms with E-state index in [1.54, 1.807) is 0 Å². The minimum atomic E-state index is -0.592. The highest BCUT2D eigenvalue weighted by atomic mass is 32.1. The lowest BCUT2D eigenvalue weighted by Crippen LogP contribution is -2.44. The van der Waals surface area contributed by atoms with Gasteiger partial charge in [-0.25, -0.2) is 4.98 Å². The summed E-state index contributed by atoms with van der Waals surface area (Å²) in [5.41, 5.74) is 8.03. The van der Waals surface area contributed by atoms with Gasteiger partial charge in [0.2, 0.25) is 5.91 Å². The molecule has 6 nitrogen and oxygen atoms in total. The molecule has 1 aromatic heterocycles. The normalized spacial score (nSPS) is 22.1. The van der Waals surface area contributed by atoms with Gasteiger partial charge in [-0.2, -0.15) is 0 Å². The molecule has 1 aromatic carbocycles. The van der Waals surface area contributed by atoms with E-state index in [1.807, 2.05) is 35.7 Å². The molecule has 2 aromatic rings. The summed E-state index contributed by atoms with van der Waals surface area (Å²) in [6.07, 6.45) is 0.967. The molecule has 7 heteroatoms. The Morgan fingerprint density at radius 1 is 1.35 bits per heavy atom. The predicted octanol–water partition coefficient (Wildman–Crippen LogP) is 2.26. The number of nitrogens with zero attached hydrogens (tertiary/aromatic N) is 2. The Balaban J connectivity index is 1.52. The molecule has 140 valence electrons. The zero-order valence-electron chi connectivity index (χ0n) is 15.2. The Labute approximate surface area is 158 Å². The van der Waals surface area contributed by atoms with Crippen LogP contribution in [0.1, 0.15) is 25.1 Å². The number of thiazole rings is 1. The van der Waals surface area contributed by atoms with Crippen LogP contribution < -0.4 is 11.1 Å². The predicted molar refractivity (Wildman–Crippen MR) is 104 cm³/mol. The average molecular weight is 375 g/mol. The second kappa shape index (κ2) is 8.73. The van der Waals surface area contributed by atoms with Gasteiger partial charge in [-0.05, 0) is 25.8 Å². The van der Waals surface area contributed by atoms with Crippen molar-refractivity contribution in [3.05, 3.63) is 47.0 Å². The molecule has 0 bridgehead atoms. The molecule has 3 atom stereocenters. The van der Waals surface area contributed by atoms with E-state index in [9.17, 15) is 4.79 Å². The highest BCUT2D eigenvalue weighted by molar-refractivity contribution is 7.13. The molecule has 0 spiro atoms. The van der Waals surface area contributed by atoms with E-state index in [2.05, 4.69) is 29.0 Å². The highest BCUT2D eigenvalue weighted by Gasteiger charge is 2.23. The molecular weight excluding hydrogens is 348 g/mol. The van der Waals surface area contributed by atoms with Gasteiger partial charge in [-0.3, -0.25) is 9.69 Å². The molecule has 26 heavy (non-hydrogen) atoms. The monoisotopic (exact) mass is 374 g/mol. The van der Waals surface area contributed by atoms with Crippen molar-refractivity contribution >= 4 is 22.4 Å². The van der Waals surface area contributed by atoms with Crippen LogP contribution in [0.15, 0.2) is 35.7 Å². The molecule has 0 radical (unpaired) electrons. The maximum atomic E-state index is 12.3. The number of hydrogen-bond donors (Lipinski definition) is 2. The van der Waals surface area contributed by atoms with Gasteiger partial charge in [0.1, 0.15) is 0 Å². The Bertz CT molecular complexity index is 711. The summed E-state index contributed by atoms with van der Waals surface area (Å²) in [5, 5.41) is 5.43. The number of nitrogens with two attached hydrogens (primary N) is 1. The van der Waals surface area contributed by atoms with Gasteiger partial charge in [0, 0.05) is 25.0 Å². The second-order valence-corrected chi connectivity index (χ2v) is 7.74. The fourth-order valence-corrected chi connectivity index (χ4v) is 3.94. The minimum absolute atomic E-state index is 0.205. The number of benzene rings is 1. The lowest BCUT2D eigenvalue weighted by Gasteiger charge is -2.34. The average Bonchev–Trinajstić information content (AvgIpc) is 3.01. The first kappa shape index (κ1) is 19.0. The number of ether oxygens (including phenoxy) is 1. The zero-order valence-corrected chi connectivity index (χ0v) is 16.0. The van der Waals surface area contributed by atoms with Crippen LogP contribution >= 0.6 is 11.3 Å². The largest absolute Gasteiger partial charge is 0.373 e. The van der Waals surface area contributed by atoms with Gasteiger partial charge in [0.15, 0.2) is 5.13 Å². The van der Waals surface area contributed by atoms with Crippen LogP contribution in [0.3, 0.4) is 0 Å². The third-order valence-corrected chi connectivity index (χ3v) is 5.10. The maximum absolute atomic E-state index is 12.3. The summed E-state index contributed by atoms with van der Waals surface area (Å²) in [6.45, 7) is 6.73. The molecule has 1 aliphatic heterocycles. The number of amides is 1. The molecule has 0 aliphatic carbocycles. The zero-order chi connectivity index (χ0) is 18.5. The molecule has 1 fully saturated rings. The molecule has 1 amide bonds. The van der Waals surface area contributed by atoms with Crippen LogP contribution in [0.2, 0.25) is 0 Å². The number of carbonyl (C=O) groups is 1. The SMILES string of the molecule is CC1CN(Cc2csc(NC(=O)C(N)Cc3ccccc3)n2)CC(C)O1. The lowest BCUT2D eigenvalue weighted by molar-refractivity contribution is -0.117. The number of morpholine rings is 1. The Morgan fingerprint density at radius 2 is 2.04 bits per heavy atom. The fourth-order valence-electron chi connectivity index (χ4n) is 3.24. The van der Waals surface area contributed by atoms with E-state index in [0.717, 1.165) is 30.9 Å². The van der Waals surface area contributed by atoms with E-state index in [0.29, 0.717) is 11.6 Å². The van der Waals surface area contributed by atoms with E-state index in [1.165, 1.54) is 11.3 Å². The fraction of sp³-hybridized carbons (Fsp3) is 0.474. The van der Waals surface area contributed by atoms with Crippen LogP contribution in [-0.2, 0) is 22.5 Å². The number of hydrogen-bond acceptors (Lipinski definition) is 6. The summed E-state index contributed by atoms with van der Waals surface area (Å²) < 4.78 is 5.76. The van der Waals surface area contributed by atoms with Crippen LogP contribution in [0.4, 0.5) is 5.13 Å². The molecule has 3 rings (SSSR count). The van der Waals surface area contributed by atoms with E-state index < -0.39 is 6.04 Å². The summed E-state index contributed by atoms with van der Waals surface area (Å²) >= 11 is 1.44. The second-order valence-electron chi connectivity index (χ2n) is 6.88. The lowest BCUT2D eigenvalue weighted by atomic mass is 10.1. The number of aromatic nitrogens is 1. The van der Waals surface area contributed by atoms with Gasteiger partial charge in [-0.15, -0.1) is 11.3 Å². The topological polar surface area (TPSA) is 80.5 Å². The van der Waals surface area contributed by atoms with Crippen molar-refractivity contribution in [2.45, 2.75) is 45.1 Å². The van der Waals surface area contributed by atoms with Gasteiger partial charge < -0.3 is 15.8 Å². The molecule has 3 N–H and O–H groups in total. The maximum Gasteiger partial charge on any atom is 0.243 e. The highest BCUT2D eigenvalue weighted by Crippen LogP contribution is 2.19. The van der Waals surface area contributed by atoms with Crippen LogP contribution in [0.25, 0.3) is 0 Å². The standard InChI is InChI=1S/C19H26N4O2S/c1-13-9-23(10-14(2)25-13)11-16-12-26-19(21-16)22-18(24)17(20)8-15-6-4-3-5-7-15/h3-7,12-14,17H,8-11,20H2,1-2H3,(H,21,22,24). The first-order chi connectivity index (χ1) is 12.5. The van der Waals surface area contributed by atoms with Crippen molar-refractivity contribution < 1.29 is 9.53 Å². The number of rotatable bonds is 6. The van der Waals surface area contributed by atoms with E-state index in [4.69, 9.17) is 10.5 Å². The smallest absolute Gasteiger partial charge is 0.243 e. The summed E-state index contributed by atoms with van der Waals surface area (Å²) in [6, 6.07) is 9.19. The summed E-state index contributed by atoms with van der Waals surface area (Å²) in [7, 11) is 0. The third-order valence-electron chi connectivity index (χ3n) is 4.30. The molecule has 1 saturated heterocycles. The van der Waals surface area contributed by atoms with E-state index in [-0.39, 0.29) is 18.1 Å². The Hall–Kier alpha value is -1.80. The van der Waals surface area contributed by atoms with Gasteiger partial charge >= 0.3 is 0 Å². The van der Waals surface area contributed by atoms with Crippen molar-refractivity contribution in [1.29, 1.82) is 0 Å².